The lowest BCUT2D eigenvalue weighted by Crippen LogP contribution is -2.30. The standard InChI is InChI=1S/C14H8Cl2F6N2O2/c1-5(25)9-11(14(20,21)22)23-4-24(12(9)26)10-7(15)2-6(3-8(10)16)13(17,18)19/h2-5,25H,1H3. The summed E-state index contributed by atoms with van der Waals surface area (Å²) >= 11 is 11.5. The maximum atomic E-state index is 13.0. The average Bonchev–Trinajstić information content (AvgIpc) is 2.45. The van der Waals surface area contributed by atoms with E-state index < -0.39 is 56.6 Å². The van der Waals surface area contributed by atoms with Crippen LogP contribution in [0.1, 0.15) is 29.8 Å². The van der Waals surface area contributed by atoms with Crippen molar-refractivity contribution in [3.05, 3.63) is 55.7 Å². The topological polar surface area (TPSA) is 55.1 Å². The molecule has 2 aromatic rings. The minimum Gasteiger partial charge on any atom is -0.388 e. The lowest BCUT2D eigenvalue weighted by molar-refractivity contribution is -0.143. The quantitative estimate of drug-likeness (QED) is 0.720. The average molecular weight is 421 g/mol. The molecular formula is C14H8Cl2F6N2O2. The Hall–Kier alpha value is -1.78. The lowest BCUT2D eigenvalue weighted by Gasteiger charge is -2.17. The fraction of sp³-hybridized carbons (Fsp3) is 0.286. The van der Waals surface area contributed by atoms with Crippen molar-refractivity contribution in [2.45, 2.75) is 25.4 Å². The van der Waals surface area contributed by atoms with Gasteiger partial charge >= 0.3 is 12.4 Å². The Balaban J connectivity index is 2.79. The van der Waals surface area contributed by atoms with Crippen molar-refractivity contribution in [2.75, 3.05) is 0 Å². The van der Waals surface area contributed by atoms with Gasteiger partial charge in [-0.05, 0) is 19.1 Å². The normalized spacial score (nSPS) is 13.8. The Morgan fingerprint density at radius 2 is 1.58 bits per heavy atom. The van der Waals surface area contributed by atoms with E-state index in [-0.39, 0.29) is 0 Å². The molecule has 2 rings (SSSR count). The highest BCUT2D eigenvalue weighted by atomic mass is 35.5. The van der Waals surface area contributed by atoms with E-state index in [0.717, 1.165) is 6.92 Å². The predicted molar refractivity (Wildman–Crippen MR) is 80.5 cm³/mol. The Bertz CT molecular complexity index is 883. The molecule has 0 saturated heterocycles. The molecule has 12 heteroatoms. The molecule has 0 aliphatic rings. The van der Waals surface area contributed by atoms with Gasteiger partial charge in [-0.15, -0.1) is 0 Å². The number of hydrogen-bond acceptors (Lipinski definition) is 3. The lowest BCUT2D eigenvalue weighted by atomic mass is 10.1. The van der Waals surface area contributed by atoms with Gasteiger partial charge in [0.05, 0.1) is 33.0 Å². The molecule has 0 amide bonds. The van der Waals surface area contributed by atoms with Crippen LogP contribution in [0.2, 0.25) is 10.0 Å². The molecule has 0 radical (unpaired) electrons. The second-order valence-electron chi connectivity index (χ2n) is 5.14. The van der Waals surface area contributed by atoms with Crippen molar-refractivity contribution in [1.29, 1.82) is 0 Å². The van der Waals surface area contributed by atoms with Crippen molar-refractivity contribution in [3.8, 4) is 5.69 Å². The number of halogens is 8. The first-order valence-electron chi connectivity index (χ1n) is 6.68. The molecular weight excluding hydrogens is 413 g/mol. The van der Waals surface area contributed by atoms with Gasteiger partial charge < -0.3 is 5.11 Å². The Labute approximate surface area is 151 Å². The van der Waals surface area contributed by atoms with E-state index in [4.69, 9.17) is 23.2 Å². The largest absolute Gasteiger partial charge is 0.433 e. The summed E-state index contributed by atoms with van der Waals surface area (Å²) in [5.41, 5.74) is -5.78. The van der Waals surface area contributed by atoms with Gasteiger partial charge in [-0.1, -0.05) is 23.2 Å². The van der Waals surface area contributed by atoms with Crippen molar-refractivity contribution < 1.29 is 31.4 Å². The van der Waals surface area contributed by atoms with Crippen molar-refractivity contribution in [2.24, 2.45) is 0 Å². The smallest absolute Gasteiger partial charge is 0.388 e. The van der Waals surface area contributed by atoms with Gasteiger partial charge in [0.1, 0.15) is 6.33 Å². The van der Waals surface area contributed by atoms with E-state index in [1.807, 2.05) is 0 Å². The molecule has 1 N–H and O–H groups in total. The monoisotopic (exact) mass is 420 g/mol. The van der Waals surface area contributed by atoms with E-state index in [2.05, 4.69) is 4.98 Å². The number of hydrogen-bond donors (Lipinski definition) is 1. The van der Waals surface area contributed by atoms with Crippen LogP contribution in [0.15, 0.2) is 23.3 Å². The molecule has 0 aliphatic heterocycles. The predicted octanol–water partition coefficient (Wildman–Crippen LogP) is 4.63. The third kappa shape index (κ3) is 3.81. The molecule has 1 aromatic heterocycles. The van der Waals surface area contributed by atoms with Gasteiger partial charge in [0, 0.05) is 0 Å². The first kappa shape index (κ1) is 20.5. The maximum absolute atomic E-state index is 13.0. The van der Waals surface area contributed by atoms with E-state index >= 15 is 0 Å². The summed E-state index contributed by atoms with van der Waals surface area (Å²) in [5, 5.41) is 8.27. The molecule has 0 fully saturated rings. The molecule has 1 heterocycles. The van der Waals surface area contributed by atoms with E-state index in [1.54, 1.807) is 0 Å². The zero-order valence-corrected chi connectivity index (χ0v) is 14.1. The van der Waals surface area contributed by atoms with Gasteiger partial charge in [-0.25, -0.2) is 4.98 Å². The van der Waals surface area contributed by atoms with Crippen LogP contribution in [0.3, 0.4) is 0 Å². The maximum Gasteiger partial charge on any atom is 0.433 e. The Morgan fingerprint density at radius 1 is 1.08 bits per heavy atom. The fourth-order valence-corrected chi connectivity index (χ4v) is 2.86. The van der Waals surface area contributed by atoms with Gasteiger partial charge in [0.25, 0.3) is 5.56 Å². The first-order chi connectivity index (χ1) is 11.7. The highest BCUT2D eigenvalue weighted by Gasteiger charge is 2.39. The first-order valence-corrected chi connectivity index (χ1v) is 7.44. The van der Waals surface area contributed by atoms with Gasteiger partial charge in [0.15, 0.2) is 5.69 Å². The Morgan fingerprint density at radius 3 is 1.96 bits per heavy atom. The van der Waals surface area contributed by atoms with Crippen LogP contribution in [0.4, 0.5) is 26.3 Å². The van der Waals surface area contributed by atoms with Crippen LogP contribution in [-0.2, 0) is 12.4 Å². The summed E-state index contributed by atoms with van der Waals surface area (Å²) in [6.07, 6.45) is -11.2. The second kappa shape index (κ2) is 6.75. The number of nitrogens with zero attached hydrogens (tertiary/aromatic N) is 2. The van der Waals surface area contributed by atoms with E-state index in [0.29, 0.717) is 23.0 Å². The van der Waals surface area contributed by atoms with Crippen LogP contribution in [0, 0.1) is 0 Å². The summed E-state index contributed by atoms with van der Waals surface area (Å²) in [6.45, 7) is 0.911. The second-order valence-corrected chi connectivity index (χ2v) is 5.96. The highest BCUT2D eigenvalue weighted by molar-refractivity contribution is 6.37. The summed E-state index contributed by atoms with van der Waals surface area (Å²) in [6, 6.07) is 0.934. The molecule has 1 unspecified atom stereocenters. The number of aliphatic hydroxyl groups excluding tert-OH is 1. The molecule has 0 spiro atoms. The van der Waals surface area contributed by atoms with Crippen LogP contribution >= 0.6 is 23.2 Å². The van der Waals surface area contributed by atoms with Crippen LogP contribution in [-0.4, -0.2) is 14.7 Å². The van der Waals surface area contributed by atoms with Crippen LogP contribution in [0.25, 0.3) is 5.69 Å². The van der Waals surface area contributed by atoms with Gasteiger partial charge in [0.2, 0.25) is 0 Å². The van der Waals surface area contributed by atoms with Crippen molar-refractivity contribution >= 4 is 23.2 Å². The van der Waals surface area contributed by atoms with Crippen LogP contribution in [0.5, 0.6) is 0 Å². The number of alkyl halides is 6. The molecule has 4 nitrogen and oxygen atoms in total. The minimum atomic E-state index is -5.03. The molecule has 1 atom stereocenters. The Kier molecular flexibility index (Phi) is 5.33. The minimum absolute atomic E-state index is 0.428. The molecule has 0 bridgehead atoms. The number of aliphatic hydroxyl groups is 1. The highest BCUT2D eigenvalue weighted by Crippen LogP contribution is 2.37. The summed E-state index contributed by atoms with van der Waals surface area (Å²) in [7, 11) is 0. The fourth-order valence-electron chi connectivity index (χ4n) is 2.19. The third-order valence-corrected chi connectivity index (χ3v) is 3.85. The summed E-state index contributed by atoms with van der Waals surface area (Å²) in [4.78, 5) is 15.5. The number of benzene rings is 1. The van der Waals surface area contributed by atoms with Gasteiger partial charge in [-0.3, -0.25) is 9.36 Å². The zero-order chi connectivity index (χ0) is 20.0. The summed E-state index contributed by atoms with van der Waals surface area (Å²) < 4.78 is 77.6. The molecule has 1 aromatic carbocycles. The van der Waals surface area contributed by atoms with E-state index in [9.17, 15) is 36.2 Å². The SMILES string of the molecule is CC(O)c1c(C(F)(F)F)ncn(-c2c(Cl)cc(C(F)(F)F)cc2Cl)c1=O. The number of aromatic nitrogens is 2. The van der Waals surface area contributed by atoms with Gasteiger partial charge in [-0.2, -0.15) is 26.3 Å². The molecule has 26 heavy (non-hydrogen) atoms. The number of rotatable bonds is 2. The van der Waals surface area contributed by atoms with Crippen LogP contribution < -0.4 is 5.56 Å². The molecule has 0 saturated carbocycles. The third-order valence-electron chi connectivity index (χ3n) is 3.28. The summed E-state index contributed by atoms with van der Waals surface area (Å²) in [5.74, 6) is 0. The van der Waals surface area contributed by atoms with Crippen molar-refractivity contribution in [1.82, 2.24) is 9.55 Å². The zero-order valence-electron chi connectivity index (χ0n) is 12.6. The van der Waals surface area contributed by atoms with E-state index in [1.165, 1.54) is 0 Å². The molecule has 0 aliphatic carbocycles. The van der Waals surface area contributed by atoms with Crippen molar-refractivity contribution in [3.63, 3.8) is 0 Å². The molecule has 142 valence electrons.